The molecule has 0 aromatic heterocycles. The Morgan fingerprint density at radius 1 is 0.962 bits per heavy atom. The van der Waals surface area contributed by atoms with Gasteiger partial charge in [0.25, 0.3) is 0 Å². The second-order valence-electron chi connectivity index (χ2n) is 9.13. The SMILES string of the molecule is O=C(OC1(C(F)(F)S(=O)(=O)O)CCCCC1)C12CC3CC(CC(C3)C1)C2. The number of esters is 1. The van der Waals surface area contributed by atoms with Gasteiger partial charge >= 0.3 is 21.3 Å². The number of hydrogen-bond acceptors (Lipinski definition) is 4. The number of hydrogen-bond donors (Lipinski definition) is 1. The highest BCUT2D eigenvalue weighted by Crippen LogP contribution is 2.61. The Bertz CT molecular complexity index is 661. The van der Waals surface area contributed by atoms with Crippen LogP contribution in [-0.2, 0) is 19.6 Å². The largest absolute Gasteiger partial charge is 0.451 e. The number of carbonyl (C=O) groups is 1. The second-order valence-corrected chi connectivity index (χ2v) is 10.6. The van der Waals surface area contributed by atoms with Crippen LogP contribution in [0.25, 0.3) is 0 Å². The number of carbonyl (C=O) groups excluding carboxylic acids is 1. The van der Waals surface area contributed by atoms with Crippen LogP contribution in [0.3, 0.4) is 0 Å². The van der Waals surface area contributed by atoms with Crippen LogP contribution in [-0.4, -0.2) is 29.8 Å². The fourth-order valence-electron chi connectivity index (χ4n) is 6.46. The third kappa shape index (κ3) is 2.70. The third-order valence-electron chi connectivity index (χ3n) is 7.27. The standard InChI is InChI=1S/C18H26F2O5S/c19-18(20,26(22,23)24)17(4-2-1-3-5-17)25-15(21)16-9-12-6-13(10-16)8-14(7-12)11-16/h12-14H,1-11H2,(H,22,23,24). The molecule has 0 unspecified atom stereocenters. The molecule has 1 N–H and O–H groups in total. The van der Waals surface area contributed by atoms with E-state index in [-0.39, 0.29) is 12.8 Å². The second kappa shape index (κ2) is 5.87. The van der Waals surface area contributed by atoms with Crippen LogP contribution in [0.4, 0.5) is 8.78 Å². The van der Waals surface area contributed by atoms with E-state index in [4.69, 9.17) is 9.29 Å². The molecule has 0 radical (unpaired) electrons. The van der Waals surface area contributed by atoms with E-state index < -0.39 is 32.4 Å². The molecule has 4 bridgehead atoms. The van der Waals surface area contributed by atoms with Gasteiger partial charge in [-0.2, -0.15) is 17.2 Å². The van der Waals surface area contributed by atoms with E-state index in [2.05, 4.69) is 0 Å². The topological polar surface area (TPSA) is 80.7 Å². The molecular formula is C18H26F2O5S. The molecule has 26 heavy (non-hydrogen) atoms. The monoisotopic (exact) mass is 392 g/mol. The van der Waals surface area contributed by atoms with Crippen LogP contribution in [0, 0.1) is 23.2 Å². The van der Waals surface area contributed by atoms with Gasteiger partial charge in [0.05, 0.1) is 5.41 Å². The van der Waals surface area contributed by atoms with Gasteiger partial charge in [0.1, 0.15) is 0 Å². The molecule has 8 heteroatoms. The third-order valence-corrected chi connectivity index (χ3v) is 8.29. The maximum Gasteiger partial charge on any atom is 0.408 e. The van der Waals surface area contributed by atoms with Crippen molar-refractivity contribution in [3.05, 3.63) is 0 Å². The maximum atomic E-state index is 14.7. The zero-order chi connectivity index (χ0) is 18.8. The lowest BCUT2D eigenvalue weighted by Gasteiger charge is -2.56. The lowest BCUT2D eigenvalue weighted by atomic mass is 9.49. The summed E-state index contributed by atoms with van der Waals surface area (Å²) in [6.45, 7) is 0. The molecule has 0 aliphatic heterocycles. The molecular weight excluding hydrogens is 366 g/mol. The van der Waals surface area contributed by atoms with E-state index in [9.17, 15) is 22.0 Å². The molecule has 0 amide bonds. The minimum atomic E-state index is -5.67. The van der Waals surface area contributed by atoms with Crippen molar-refractivity contribution >= 4 is 16.1 Å². The first-order valence-corrected chi connectivity index (χ1v) is 11.1. The van der Waals surface area contributed by atoms with E-state index in [0.717, 1.165) is 19.3 Å². The Labute approximate surface area is 152 Å². The Morgan fingerprint density at radius 3 is 1.85 bits per heavy atom. The minimum Gasteiger partial charge on any atom is -0.451 e. The quantitative estimate of drug-likeness (QED) is 0.579. The average molecular weight is 392 g/mol. The van der Waals surface area contributed by atoms with Gasteiger partial charge in [-0.3, -0.25) is 9.35 Å². The normalized spacial score (nSPS) is 39.0. The van der Waals surface area contributed by atoms with Crippen molar-refractivity contribution in [2.75, 3.05) is 0 Å². The molecule has 0 atom stereocenters. The van der Waals surface area contributed by atoms with Gasteiger partial charge in [0.2, 0.25) is 0 Å². The van der Waals surface area contributed by atoms with E-state index in [1.165, 1.54) is 0 Å². The predicted molar refractivity (Wildman–Crippen MR) is 89.0 cm³/mol. The van der Waals surface area contributed by atoms with E-state index in [0.29, 0.717) is 56.3 Å². The molecule has 5 saturated carbocycles. The molecule has 148 valence electrons. The van der Waals surface area contributed by atoms with Gasteiger partial charge in [-0.25, -0.2) is 0 Å². The summed E-state index contributed by atoms with van der Waals surface area (Å²) in [4.78, 5) is 13.1. The summed E-state index contributed by atoms with van der Waals surface area (Å²) in [7, 11) is -5.67. The van der Waals surface area contributed by atoms with Gasteiger partial charge in [0.15, 0.2) is 5.60 Å². The van der Waals surface area contributed by atoms with Gasteiger partial charge in [-0.1, -0.05) is 6.42 Å². The highest BCUT2D eigenvalue weighted by molar-refractivity contribution is 7.87. The maximum absolute atomic E-state index is 14.7. The first kappa shape index (κ1) is 18.6. The van der Waals surface area contributed by atoms with Gasteiger partial charge in [0, 0.05) is 0 Å². The molecule has 5 aliphatic rings. The highest BCUT2D eigenvalue weighted by Gasteiger charge is 2.67. The van der Waals surface area contributed by atoms with Crippen molar-refractivity contribution in [2.45, 2.75) is 81.5 Å². The molecule has 5 rings (SSSR count). The predicted octanol–water partition coefficient (Wildman–Crippen LogP) is 3.93. The smallest absolute Gasteiger partial charge is 0.408 e. The van der Waals surface area contributed by atoms with E-state index in [1.54, 1.807) is 0 Å². The zero-order valence-corrected chi connectivity index (χ0v) is 15.6. The van der Waals surface area contributed by atoms with Crippen molar-refractivity contribution in [3.8, 4) is 0 Å². The van der Waals surface area contributed by atoms with Crippen molar-refractivity contribution in [3.63, 3.8) is 0 Å². The molecule has 0 aromatic carbocycles. The number of ether oxygens (including phenoxy) is 1. The van der Waals surface area contributed by atoms with Crippen molar-refractivity contribution < 1.29 is 31.3 Å². The fourth-order valence-corrected chi connectivity index (χ4v) is 7.17. The summed E-state index contributed by atoms with van der Waals surface area (Å²) < 4.78 is 66.7. The molecule has 5 aliphatic carbocycles. The number of alkyl halides is 2. The first-order chi connectivity index (χ1) is 12.1. The lowest BCUT2D eigenvalue weighted by Crippen LogP contribution is -2.59. The van der Waals surface area contributed by atoms with Crippen LogP contribution in [0.15, 0.2) is 0 Å². The Balaban J connectivity index is 1.63. The van der Waals surface area contributed by atoms with Crippen molar-refractivity contribution in [1.29, 1.82) is 0 Å². The average Bonchev–Trinajstić information content (AvgIpc) is 2.53. The molecule has 0 saturated heterocycles. The molecule has 0 spiro atoms. The lowest BCUT2D eigenvalue weighted by molar-refractivity contribution is -0.217. The Morgan fingerprint density at radius 2 is 1.42 bits per heavy atom. The first-order valence-electron chi connectivity index (χ1n) is 9.65. The summed E-state index contributed by atoms with van der Waals surface area (Å²) >= 11 is 0. The fraction of sp³-hybridized carbons (Fsp3) is 0.944. The zero-order valence-electron chi connectivity index (χ0n) is 14.8. The summed E-state index contributed by atoms with van der Waals surface area (Å²) in [6.07, 6.45) is 6.16. The highest BCUT2D eigenvalue weighted by atomic mass is 32.2. The summed E-state index contributed by atoms with van der Waals surface area (Å²) in [6, 6.07) is 0. The van der Waals surface area contributed by atoms with Crippen LogP contribution in [0.1, 0.15) is 70.6 Å². The van der Waals surface area contributed by atoms with Crippen molar-refractivity contribution in [1.82, 2.24) is 0 Å². The molecule has 0 heterocycles. The molecule has 5 nitrogen and oxygen atoms in total. The Kier molecular flexibility index (Phi) is 4.20. The van der Waals surface area contributed by atoms with E-state index in [1.807, 2.05) is 0 Å². The number of halogens is 2. The van der Waals surface area contributed by atoms with Gasteiger partial charge in [-0.05, 0) is 82.0 Å². The van der Waals surface area contributed by atoms with Crippen LogP contribution >= 0.6 is 0 Å². The van der Waals surface area contributed by atoms with Gasteiger partial charge < -0.3 is 4.74 Å². The van der Waals surface area contributed by atoms with Crippen LogP contribution in [0.5, 0.6) is 0 Å². The van der Waals surface area contributed by atoms with E-state index >= 15 is 0 Å². The van der Waals surface area contributed by atoms with Crippen LogP contribution < -0.4 is 0 Å². The molecule has 0 aromatic rings. The van der Waals surface area contributed by atoms with Crippen LogP contribution in [0.2, 0.25) is 0 Å². The molecule has 5 fully saturated rings. The number of rotatable bonds is 4. The Hall–Kier alpha value is -0.760. The van der Waals surface area contributed by atoms with Crippen molar-refractivity contribution in [2.24, 2.45) is 23.2 Å². The summed E-state index contributed by atoms with van der Waals surface area (Å²) in [5.74, 6) is 0.663. The summed E-state index contributed by atoms with van der Waals surface area (Å²) in [5.41, 5.74) is -3.19. The minimum absolute atomic E-state index is 0.238. The van der Waals surface area contributed by atoms with Gasteiger partial charge in [-0.15, -0.1) is 0 Å². The summed E-state index contributed by atoms with van der Waals surface area (Å²) in [5, 5.41) is -4.49.